The maximum atomic E-state index is 10.7. The number of methoxy groups -OCH3 is 2. The Hall–Kier alpha value is -2.44. The molecule has 26 heavy (non-hydrogen) atoms. The van der Waals surface area contributed by atoms with Crippen molar-refractivity contribution >= 4 is 25.0 Å². The molecule has 1 aliphatic rings. The number of benzene rings is 1. The normalized spacial score (nSPS) is 17.1. The zero-order valence-corrected chi connectivity index (χ0v) is 15.6. The number of anilines is 1. The summed E-state index contributed by atoms with van der Waals surface area (Å²) in [6.45, 7) is 1.56. The maximum Gasteiger partial charge on any atom is 0.746 e. The summed E-state index contributed by atoms with van der Waals surface area (Å²) in [4.78, 5) is 19.8. The van der Waals surface area contributed by atoms with E-state index in [0.717, 1.165) is 54.6 Å². The third kappa shape index (κ3) is 4.03. The maximum absolute atomic E-state index is 10.7. The average molecular weight is 378 g/mol. The second-order valence-electron chi connectivity index (χ2n) is 5.88. The van der Waals surface area contributed by atoms with E-state index in [-0.39, 0.29) is 0 Å². The van der Waals surface area contributed by atoms with Gasteiger partial charge in [0.25, 0.3) is 0 Å². The number of aromatic nitrogens is 2. The van der Waals surface area contributed by atoms with Crippen molar-refractivity contribution in [3.63, 3.8) is 0 Å². The molecule has 1 saturated heterocycles. The predicted molar refractivity (Wildman–Crippen MR) is 97.7 cm³/mol. The fraction of sp³-hybridized carbons (Fsp3) is 0.412. The van der Waals surface area contributed by atoms with Crippen molar-refractivity contribution in [1.29, 1.82) is 0 Å². The molecular weight excluding hydrogens is 357 g/mol. The molecule has 2 heterocycles. The number of nitrogens with zero attached hydrogens (tertiary/aromatic N) is 3. The van der Waals surface area contributed by atoms with E-state index in [1.807, 2.05) is 12.1 Å². The van der Waals surface area contributed by atoms with Crippen molar-refractivity contribution in [1.82, 2.24) is 9.97 Å². The van der Waals surface area contributed by atoms with Crippen LogP contribution in [-0.4, -0.2) is 42.2 Å². The number of rotatable bonds is 5. The first-order chi connectivity index (χ1) is 12.6. The summed E-state index contributed by atoms with van der Waals surface area (Å²) in [6.07, 6.45) is 5.41. The monoisotopic (exact) mass is 378 g/mol. The van der Waals surface area contributed by atoms with E-state index in [1.54, 1.807) is 20.5 Å². The highest BCUT2D eigenvalue weighted by Crippen LogP contribution is 2.35. The SMILES string of the molecule is COc1cc2ncnc(N3CCCC(=CO[P+](=O)O)CC3)c2cc1OC. The molecule has 8 nitrogen and oxygen atoms in total. The number of hydrogen-bond donors (Lipinski definition) is 1. The Balaban J connectivity index is 1.90. The predicted octanol–water partition coefficient (Wildman–Crippen LogP) is 3.19. The summed E-state index contributed by atoms with van der Waals surface area (Å²) in [5, 5.41) is 0.896. The van der Waals surface area contributed by atoms with Crippen molar-refractivity contribution < 1.29 is 23.5 Å². The summed E-state index contributed by atoms with van der Waals surface area (Å²) < 4.78 is 26.2. The summed E-state index contributed by atoms with van der Waals surface area (Å²) in [7, 11) is 0.584. The molecule has 1 unspecified atom stereocenters. The lowest BCUT2D eigenvalue weighted by molar-refractivity contribution is 0.356. The van der Waals surface area contributed by atoms with Gasteiger partial charge in [0.05, 0.1) is 19.7 Å². The molecule has 1 aromatic carbocycles. The minimum atomic E-state index is -2.61. The Morgan fingerprint density at radius 2 is 1.92 bits per heavy atom. The molecular formula is C17H21N3O5P+. The van der Waals surface area contributed by atoms with Crippen LogP contribution >= 0.6 is 8.25 Å². The Bertz CT molecular complexity index is 843. The molecule has 0 aliphatic carbocycles. The first-order valence-electron chi connectivity index (χ1n) is 8.25. The van der Waals surface area contributed by atoms with Crippen LogP contribution in [0.15, 0.2) is 30.3 Å². The van der Waals surface area contributed by atoms with Crippen LogP contribution in [-0.2, 0) is 9.09 Å². The third-order valence-corrected chi connectivity index (χ3v) is 4.64. The second kappa shape index (κ2) is 8.29. The molecule has 9 heteroatoms. The fourth-order valence-corrected chi connectivity index (χ4v) is 3.32. The Kier molecular flexibility index (Phi) is 5.85. The van der Waals surface area contributed by atoms with Crippen molar-refractivity contribution in [2.24, 2.45) is 0 Å². The van der Waals surface area contributed by atoms with Crippen LogP contribution in [0.4, 0.5) is 5.82 Å². The molecule has 0 amide bonds. The Morgan fingerprint density at radius 3 is 2.65 bits per heavy atom. The fourth-order valence-electron chi connectivity index (χ4n) is 3.08. The highest BCUT2D eigenvalue weighted by atomic mass is 31.1. The standard InChI is InChI=1S/C17H20N3O5P/c1-23-15-8-13-14(9-16(15)24-2)18-11-19-17(13)20-6-3-4-12(5-7-20)10-25-26(21)22/h8-11H,3-7H2,1-2H3/p+1. The quantitative estimate of drug-likeness (QED) is 0.626. The summed E-state index contributed by atoms with van der Waals surface area (Å²) in [5.74, 6) is 2.10. The van der Waals surface area contributed by atoms with Gasteiger partial charge in [0, 0.05) is 29.1 Å². The van der Waals surface area contributed by atoms with E-state index in [9.17, 15) is 4.57 Å². The van der Waals surface area contributed by atoms with Gasteiger partial charge in [-0.05, 0) is 30.9 Å². The third-order valence-electron chi connectivity index (χ3n) is 4.36. The van der Waals surface area contributed by atoms with Gasteiger partial charge in [-0.15, -0.1) is 4.89 Å². The summed E-state index contributed by atoms with van der Waals surface area (Å²) in [5.41, 5.74) is 1.80. The van der Waals surface area contributed by atoms with Gasteiger partial charge in [0.2, 0.25) is 0 Å². The van der Waals surface area contributed by atoms with E-state index in [2.05, 4.69) is 14.9 Å². The molecule has 3 rings (SSSR count). The van der Waals surface area contributed by atoms with Crippen LogP contribution < -0.4 is 14.4 Å². The summed E-state index contributed by atoms with van der Waals surface area (Å²) in [6, 6.07) is 3.73. The molecule has 0 saturated carbocycles. The van der Waals surface area contributed by atoms with E-state index in [4.69, 9.17) is 18.9 Å². The molecule has 0 bridgehead atoms. The van der Waals surface area contributed by atoms with Crippen molar-refractivity contribution in [2.75, 3.05) is 32.2 Å². The molecule has 1 atom stereocenters. The topological polar surface area (TPSA) is 94.0 Å². The zero-order valence-electron chi connectivity index (χ0n) is 14.7. The van der Waals surface area contributed by atoms with E-state index < -0.39 is 8.25 Å². The first kappa shape index (κ1) is 18.4. The Morgan fingerprint density at radius 1 is 1.15 bits per heavy atom. The molecule has 0 spiro atoms. The minimum absolute atomic E-state index is 0.626. The molecule has 1 N–H and O–H groups in total. The zero-order chi connectivity index (χ0) is 18.5. The molecule has 2 aromatic rings. The van der Waals surface area contributed by atoms with Gasteiger partial charge in [0.1, 0.15) is 12.1 Å². The van der Waals surface area contributed by atoms with Crippen molar-refractivity contribution in [3.05, 3.63) is 30.3 Å². The van der Waals surface area contributed by atoms with Crippen LogP contribution in [0.5, 0.6) is 11.5 Å². The van der Waals surface area contributed by atoms with Gasteiger partial charge in [-0.25, -0.2) is 14.5 Å². The van der Waals surface area contributed by atoms with Crippen LogP contribution in [0.1, 0.15) is 19.3 Å². The molecule has 1 aromatic heterocycles. The van der Waals surface area contributed by atoms with Gasteiger partial charge < -0.3 is 14.4 Å². The average Bonchev–Trinajstić information content (AvgIpc) is 2.90. The largest absolute Gasteiger partial charge is 0.746 e. The van der Waals surface area contributed by atoms with E-state index in [1.165, 1.54) is 6.26 Å². The van der Waals surface area contributed by atoms with Gasteiger partial charge in [-0.2, -0.15) is 0 Å². The van der Waals surface area contributed by atoms with Crippen molar-refractivity contribution in [3.8, 4) is 11.5 Å². The highest BCUT2D eigenvalue weighted by molar-refractivity contribution is 7.32. The lowest BCUT2D eigenvalue weighted by Gasteiger charge is -2.23. The van der Waals surface area contributed by atoms with Gasteiger partial charge >= 0.3 is 8.25 Å². The van der Waals surface area contributed by atoms with E-state index >= 15 is 0 Å². The molecule has 138 valence electrons. The van der Waals surface area contributed by atoms with Gasteiger partial charge in [-0.3, -0.25) is 0 Å². The van der Waals surface area contributed by atoms with E-state index in [0.29, 0.717) is 11.5 Å². The number of fused-ring (bicyclic) bond motifs is 1. The molecule has 0 radical (unpaired) electrons. The van der Waals surface area contributed by atoms with Crippen LogP contribution in [0.3, 0.4) is 0 Å². The molecule has 1 fully saturated rings. The first-order valence-corrected chi connectivity index (χ1v) is 9.38. The van der Waals surface area contributed by atoms with Crippen LogP contribution in [0, 0.1) is 0 Å². The highest BCUT2D eigenvalue weighted by Gasteiger charge is 2.19. The van der Waals surface area contributed by atoms with Gasteiger partial charge in [0.15, 0.2) is 17.8 Å². The minimum Gasteiger partial charge on any atom is -0.493 e. The van der Waals surface area contributed by atoms with Gasteiger partial charge in [-0.1, -0.05) is 0 Å². The van der Waals surface area contributed by atoms with Crippen LogP contribution in [0.2, 0.25) is 0 Å². The smallest absolute Gasteiger partial charge is 0.493 e. The lowest BCUT2D eigenvalue weighted by Crippen LogP contribution is -2.25. The number of hydrogen-bond acceptors (Lipinski definition) is 7. The number of ether oxygens (including phenoxy) is 2. The lowest BCUT2D eigenvalue weighted by atomic mass is 10.1. The van der Waals surface area contributed by atoms with Crippen LogP contribution in [0.25, 0.3) is 10.9 Å². The molecule has 1 aliphatic heterocycles. The summed E-state index contributed by atoms with van der Waals surface area (Å²) >= 11 is 0. The second-order valence-corrected chi connectivity index (χ2v) is 6.57. The van der Waals surface area contributed by atoms with Crippen molar-refractivity contribution in [2.45, 2.75) is 19.3 Å². The Labute approximate surface area is 152 Å².